The molecule has 21 heavy (non-hydrogen) atoms. The van der Waals surface area contributed by atoms with Gasteiger partial charge in [-0.3, -0.25) is 0 Å². The van der Waals surface area contributed by atoms with E-state index in [2.05, 4.69) is 18.3 Å². The first-order valence-corrected chi connectivity index (χ1v) is 6.84. The SMILES string of the molecule is Cc1ccc(C#N)cc1NC(C)c1ccc2c(c1)OCO2. The van der Waals surface area contributed by atoms with E-state index in [1.807, 2.05) is 43.3 Å². The van der Waals surface area contributed by atoms with Crippen LogP contribution < -0.4 is 14.8 Å². The van der Waals surface area contributed by atoms with Crippen molar-refractivity contribution in [3.63, 3.8) is 0 Å². The molecule has 0 saturated heterocycles. The number of benzene rings is 2. The first-order chi connectivity index (χ1) is 10.2. The van der Waals surface area contributed by atoms with Crippen molar-refractivity contribution in [2.45, 2.75) is 19.9 Å². The van der Waals surface area contributed by atoms with Crippen LogP contribution in [0.25, 0.3) is 0 Å². The van der Waals surface area contributed by atoms with Crippen LogP contribution in [0.15, 0.2) is 36.4 Å². The molecule has 0 spiro atoms. The smallest absolute Gasteiger partial charge is 0.231 e. The van der Waals surface area contributed by atoms with Crippen LogP contribution in [0.4, 0.5) is 5.69 Å². The molecule has 3 rings (SSSR count). The Hall–Kier alpha value is -2.67. The standard InChI is InChI=1S/C17H16N2O2/c1-11-3-4-13(9-18)7-15(11)19-12(2)14-5-6-16-17(8-14)21-10-20-16/h3-8,12,19H,10H2,1-2H3. The van der Waals surface area contributed by atoms with Crippen molar-refractivity contribution in [2.24, 2.45) is 0 Å². The predicted molar refractivity (Wildman–Crippen MR) is 80.5 cm³/mol. The summed E-state index contributed by atoms with van der Waals surface area (Å²) in [5, 5.41) is 12.4. The van der Waals surface area contributed by atoms with E-state index in [0.29, 0.717) is 5.56 Å². The lowest BCUT2D eigenvalue weighted by Gasteiger charge is -2.18. The van der Waals surface area contributed by atoms with E-state index in [4.69, 9.17) is 14.7 Å². The summed E-state index contributed by atoms with van der Waals surface area (Å²) in [7, 11) is 0. The summed E-state index contributed by atoms with van der Waals surface area (Å²) in [5.41, 5.74) is 3.85. The van der Waals surface area contributed by atoms with Crippen molar-refractivity contribution in [3.8, 4) is 17.6 Å². The second-order valence-electron chi connectivity index (χ2n) is 5.12. The van der Waals surface area contributed by atoms with Gasteiger partial charge in [-0.2, -0.15) is 5.26 Å². The van der Waals surface area contributed by atoms with Gasteiger partial charge in [0.2, 0.25) is 6.79 Å². The summed E-state index contributed by atoms with van der Waals surface area (Å²) < 4.78 is 10.7. The minimum atomic E-state index is 0.104. The van der Waals surface area contributed by atoms with Crippen molar-refractivity contribution in [2.75, 3.05) is 12.1 Å². The number of nitrogens with zero attached hydrogens (tertiary/aromatic N) is 1. The zero-order valence-corrected chi connectivity index (χ0v) is 12.0. The van der Waals surface area contributed by atoms with Gasteiger partial charge in [-0.25, -0.2) is 0 Å². The van der Waals surface area contributed by atoms with Gasteiger partial charge in [0.1, 0.15) is 0 Å². The Morgan fingerprint density at radius 3 is 2.76 bits per heavy atom. The second kappa shape index (κ2) is 5.37. The van der Waals surface area contributed by atoms with Gasteiger partial charge in [-0.15, -0.1) is 0 Å². The van der Waals surface area contributed by atoms with Crippen LogP contribution in [0, 0.1) is 18.3 Å². The van der Waals surface area contributed by atoms with Crippen LogP contribution in [-0.2, 0) is 0 Å². The maximum atomic E-state index is 9.00. The molecule has 1 aliphatic heterocycles. The van der Waals surface area contributed by atoms with Gasteiger partial charge in [0, 0.05) is 11.7 Å². The van der Waals surface area contributed by atoms with Crippen molar-refractivity contribution in [3.05, 3.63) is 53.1 Å². The predicted octanol–water partition coefficient (Wildman–Crippen LogP) is 3.77. The molecule has 1 unspecified atom stereocenters. The van der Waals surface area contributed by atoms with E-state index in [0.717, 1.165) is 28.3 Å². The molecule has 4 heteroatoms. The Kier molecular flexibility index (Phi) is 3.41. The summed E-state index contributed by atoms with van der Waals surface area (Å²) in [4.78, 5) is 0. The van der Waals surface area contributed by atoms with Gasteiger partial charge in [0.25, 0.3) is 0 Å². The molecule has 0 radical (unpaired) electrons. The third-order valence-corrected chi connectivity index (χ3v) is 3.64. The monoisotopic (exact) mass is 280 g/mol. The number of anilines is 1. The van der Waals surface area contributed by atoms with Gasteiger partial charge in [-0.1, -0.05) is 12.1 Å². The van der Waals surface area contributed by atoms with Crippen LogP contribution in [-0.4, -0.2) is 6.79 Å². The Balaban J connectivity index is 1.83. The lowest BCUT2D eigenvalue weighted by Crippen LogP contribution is -2.07. The number of hydrogen-bond donors (Lipinski definition) is 1. The molecule has 106 valence electrons. The molecule has 1 heterocycles. The Morgan fingerprint density at radius 2 is 1.95 bits per heavy atom. The molecule has 0 bridgehead atoms. The number of hydrogen-bond acceptors (Lipinski definition) is 4. The maximum Gasteiger partial charge on any atom is 0.231 e. The number of fused-ring (bicyclic) bond motifs is 1. The normalized spacial score (nSPS) is 13.6. The van der Waals surface area contributed by atoms with E-state index in [1.165, 1.54) is 0 Å². The Bertz CT molecular complexity index is 719. The third-order valence-electron chi connectivity index (χ3n) is 3.64. The van der Waals surface area contributed by atoms with E-state index in [9.17, 15) is 0 Å². The van der Waals surface area contributed by atoms with Crippen LogP contribution in [0.3, 0.4) is 0 Å². The Morgan fingerprint density at radius 1 is 1.14 bits per heavy atom. The molecule has 2 aromatic carbocycles. The molecular weight excluding hydrogens is 264 g/mol. The second-order valence-corrected chi connectivity index (χ2v) is 5.12. The highest BCUT2D eigenvalue weighted by atomic mass is 16.7. The summed E-state index contributed by atoms with van der Waals surface area (Å²) >= 11 is 0. The topological polar surface area (TPSA) is 54.3 Å². The maximum absolute atomic E-state index is 9.00. The average Bonchev–Trinajstić information content (AvgIpc) is 2.96. The number of aryl methyl sites for hydroxylation is 1. The third kappa shape index (κ3) is 2.63. The van der Waals surface area contributed by atoms with Crippen LogP contribution in [0.2, 0.25) is 0 Å². The molecule has 1 atom stereocenters. The quantitative estimate of drug-likeness (QED) is 0.929. The minimum absolute atomic E-state index is 0.104. The number of ether oxygens (including phenoxy) is 2. The van der Waals surface area contributed by atoms with Crippen molar-refractivity contribution >= 4 is 5.69 Å². The molecule has 2 aromatic rings. The summed E-state index contributed by atoms with van der Waals surface area (Å²) in [6.07, 6.45) is 0. The average molecular weight is 280 g/mol. The van der Waals surface area contributed by atoms with E-state index in [1.54, 1.807) is 0 Å². The molecule has 0 fully saturated rings. The Labute approximate surface area is 123 Å². The fourth-order valence-electron chi connectivity index (χ4n) is 2.35. The summed E-state index contributed by atoms with van der Waals surface area (Å²) in [5.74, 6) is 1.57. The molecule has 0 amide bonds. The van der Waals surface area contributed by atoms with Crippen molar-refractivity contribution in [1.82, 2.24) is 0 Å². The first kappa shape index (κ1) is 13.3. The number of nitrogens with one attached hydrogen (secondary N) is 1. The molecule has 1 N–H and O–H groups in total. The van der Waals surface area contributed by atoms with Gasteiger partial charge >= 0.3 is 0 Å². The highest BCUT2D eigenvalue weighted by Gasteiger charge is 2.16. The van der Waals surface area contributed by atoms with Crippen molar-refractivity contribution in [1.29, 1.82) is 5.26 Å². The molecule has 0 aromatic heterocycles. The van der Waals surface area contributed by atoms with Crippen LogP contribution in [0.5, 0.6) is 11.5 Å². The number of rotatable bonds is 3. The number of nitriles is 1. The molecule has 0 aliphatic carbocycles. The highest BCUT2D eigenvalue weighted by molar-refractivity contribution is 5.57. The van der Waals surface area contributed by atoms with Crippen LogP contribution in [0.1, 0.15) is 29.7 Å². The largest absolute Gasteiger partial charge is 0.454 e. The van der Waals surface area contributed by atoms with Gasteiger partial charge in [-0.05, 0) is 49.2 Å². The molecule has 1 aliphatic rings. The van der Waals surface area contributed by atoms with Crippen molar-refractivity contribution < 1.29 is 9.47 Å². The van der Waals surface area contributed by atoms with Gasteiger partial charge in [0.15, 0.2) is 11.5 Å². The first-order valence-electron chi connectivity index (χ1n) is 6.84. The van der Waals surface area contributed by atoms with Gasteiger partial charge in [0.05, 0.1) is 11.6 Å². The molecule has 0 saturated carbocycles. The zero-order valence-electron chi connectivity index (χ0n) is 12.0. The minimum Gasteiger partial charge on any atom is -0.454 e. The highest BCUT2D eigenvalue weighted by Crippen LogP contribution is 2.35. The molecule has 4 nitrogen and oxygen atoms in total. The zero-order chi connectivity index (χ0) is 14.8. The van der Waals surface area contributed by atoms with E-state index in [-0.39, 0.29) is 12.8 Å². The lowest BCUT2D eigenvalue weighted by atomic mass is 10.1. The molecular formula is C17H16N2O2. The van der Waals surface area contributed by atoms with Gasteiger partial charge < -0.3 is 14.8 Å². The summed E-state index contributed by atoms with van der Waals surface area (Å²) in [6, 6.07) is 13.9. The fourth-order valence-corrected chi connectivity index (χ4v) is 2.35. The van der Waals surface area contributed by atoms with E-state index < -0.39 is 0 Å². The summed E-state index contributed by atoms with van der Waals surface area (Å²) in [6.45, 7) is 4.38. The van der Waals surface area contributed by atoms with Crippen LogP contribution >= 0.6 is 0 Å². The fraction of sp³-hybridized carbons (Fsp3) is 0.235. The van der Waals surface area contributed by atoms with E-state index >= 15 is 0 Å². The lowest BCUT2D eigenvalue weighted by molar-refractivity contribution is 0.174.